The molecule has 0 radical (unpaired) electrons. The van der Waals surface area contributed by atoms with Crippen molar-refractivity contribution in [2.24, 2.45) is 0 Å². The largest absolute Gasteiger partial charge is 0.496 e. The molecule has 19 heavy (non-hydrogen) atoms. The maximum Gasteiger partial charge on any atom is 0.124 e. The van der Waals surface area contributed by atoms with Gasteiger partial charge in [-0.15, -0.1) is 0 Å². The van der Waals surface area contributed by atoms with Gasteiger partial charge in [0.2, 0.25) is 0 Å². The summed E-state index contributed by atoms with van der Waals surface area (Å²) in [4.78, 5) is 0. The van der Waals surface area contributed by atoms with Crippen LogP contribution in [0.3, 0.4) is 0 Å². The summed E-state index contributed by atoms with van der Waals surface area (Å²) in [7, 11) is 1.55. The topological polar surface area (TPSA) is 99.4 Å². The lowest BCUT2D eigenvalue weighted by atomic mass is 10.1. The first kappa shape index (κ1) is 15.9. The number of ether oxygens (including phenoxy) is 2. The van der Waals surface area contributed by atoms with E-state index in [1.54, 1.807) is 13.2 Å². The quantitative estimate of drug-likeness (QED) is 0.499. The van der Waals surface area contributed by atoms with Gasteiger partial charge in [-0.05, 0) is 6.07 Å². The maximum atomic E-state index is 9.55. The van der Waals surface area contributed by atoms with E-state index in [1.165, 1.54) is 0 Å². The van der Waals surface area contributed by atoms with E-state index in [0.717, 1.165) is 5.56 Å². The van der Waals surface area contributed by atoms with Crippen molar-refractivity contribution in [3.05, 3.63) is 29.8 Å². The van der Waals surface area contributed by atoms with Crippen LogP contribution in [-0.4, -0.2) is 59.1 Å². The number of rotatable bonds is 8. The monoisotopic (exact) mass is 272 g/mol. The first-order chi connectivity index (χ1) is 9.10. The molecule has 0 aliphatic rings. The van der Waals surface area contributed by atoms with Crippen molar-refractivity contribution in [2.45, 2.75) is 24.9 Å². The van der Waals surface area contributed by atoms with E-state index in [-0.39, 0.29) is 13.2 Å². The minimum atomic E-state index is -1.44. The summed E-state index contributed by atoms with van der Waals surface area (Å²) in [6.07, 6.45) is -4.09. The Kier molecular flexibility index (Phi) is 6.75. The van der Waals surface area contributed by atoms with E-state index in [2.05, 4.69) is 0 Å². The Hall–Kier alpha value is -1.18. The van der Waals surface area contributed by atoms with Crippen LogP contribution in [0, 0.1) is 0 Å². The Labute approximate surface area is 111 Å². The molecule has 1 rings (SSSR count). The number of para-hydroxylation sites is 1. The predicted octanol–water partition coefficient (Wildman–Crippen LogP) is -0.713. The maximum absolute atomic E-state index is 9.55. The molecule has 108 valence electrons. The Morgan fingerprint density at radius 2 is 1.79 bits per heavy atom. The average Bonchev–Trinajstić information content (AvgIpc) is 2.45. The van der Waals surface area contributed by atoms with Crippen LogP contribution < -0.4 is 4.74 Å². The molecule has 4 N–H and O–H groups in total. The molecule has 0 saturated heterocycles. The van der Waals surface area contributed by atoms with E-state index in [9.17, 15) is 10.2 Å². The third kappa shape index (κ3) is 4.77. The van der Waals surface area contributed by atoms with Gasteiger partial charge in [0.25, 0.3) is 0 Å². The summed E-state index contributed by atoms with van der Waals surface area (Å²) < 4.78 is 10.4. The molecule has 0 unspecified atom stereocenters. The Morgan fingerprint density at radius 3 is 2.42 bits per heavy atom. The summed E-state index contributed by atoms with van der Waals surface area (Å²) in [6, 6.07) is 7.28. The fourth-order valence-corrected chi connectivity index (χ4v) is 1.57. The minimum Gasteiger partial charge on any atom is -0.496 e. The fraction of sp³-hybridized carbons (Fsp3) is 0.538. The number of hydrogen-bond donors (Lipinski definition) is 4. The van der Waals surface area contributed by atoms with Gasteiger partial charge in [0, 0.05) is 5.56 Å². The number of benzene rings is 1. The van der Waals surface area contributed by atoms with Crippen LogP contribution in [0.5, 0.6) is 5.75 Å². The van der Waals surface area contributed by atoms with Crippen molar-refractivity contribution < 1.29 is 29.9 Å². The van der Waals surface area contributed by atoms with E-state index >= 15 is 0 Å². The van der Waals surface area contributed by atoms with Crippen LogP contribution in [0.2, 0.25) is 0 Å². The zero-order valence-electron chi connectivity index (χ0n) is 10.8. The molecule has 0 aromatic heterocycles. The molecule has 0 amide bonds. The molecule has 1 aromatic rings. The Morgan fingerprint density at radius 1 is 1.11 bits per heavy atom. The van der Waals surface area contributed by atoms with Crippen molar-refractivity contribution >= 4 is 0 Å². The first-order valence-electron chi connectivity index (χ1n) is 5.94. The highest BCUT2D eigenvalue weighted by atomic mass is 16.5. The third-order valence-electron chi connectivity index (χ3n) is 2.71. The number of methoxy groups -OCH3 is 1. The molecule has 1 aromatic carbocycles. The molecule has 0 heterocycles. The normalized spacial score (nSPS) is 15.8. The van der Waals surface area contributed by atoms with Crippen LogP contribution in [0.15, 0.2) is 24.3 Å². The van der Waals surface area contributed by atoms with Crippen molar-refractivity contribution in [3.63, 3.8) is 0 Å². The van der Waals surface area contributed by atoms with E-state index in [4.69, 9.17) is 19.7 Å². The van der Waals surface area contributed by atoms with Crippen molar-refractivity contribution in [1.82, 2.24) is 0 Å². The second-order valence-electron chi connectivity index (χ2n) is 4.13. The smallest absolute Gasteiger partial charge is 0.124 e. The third-order valence-corrected chi connectivity index (χ3v) is 2.71. The Bertz CT molecular complexity index is 370. The lowest BCUT2D eigenvalue weighted by Crippen LogP contribution is -2.41. The lowest BCUT2D eigenvalue weighted by molar-refractivity contribution is -0.102. The van der Waals surface area contributed by atoms with E-state index in [0.29, 0.717) is 5.75 Å². The second kappa shape index (κ2) is 8.08. The van der Waals surface area contributed by atoms with Gasteiger partial charge < -0.3 is 29.9 Å². The van der Waals surface area contributed by atoms with Gasteiger partial charge in [0.1, 0.15) is 24.1 Å². The SMILES string of the molecule is COc1ccccc1COC[C@@H](O)[C@H](O)[C@@H](O)CO. The van der Waals surface area contributed by atoms with Crippen LogP contribution in [0.1, 0.15) is 5.56 Å². The molecule has 0 bridgehead atoms. The molecule has 0 fully saturated rings. The highest BCUT2D eigenvalue weighted by Gasteiger charge is 2.24. The predicted molar refractivity (Wildman–Crippen MR) is 67.8 cm³/mol. The van der Waals surface area contributed by atoms with Crippen molar-refractivity contribution in [2.75, 3.05) is 20.3 Å². The second-order valence-corrected chi connectivity index (χ2v) is 4.13. The molecule has 0 spiro atoms. The lowest BCUT2D eigenvalue weighted by Gasteiger charge is -2.21. The summed E-state index contributed by atoms with van der Waals surface area (Å²) in [6.45, 7) is -0.565. The first-order valence-corrected chi connectivity index (χ1v) is 5.94. The number of aliphatic hydroxyl groups is 4. The fourth-order valence-electron chi connectivity index (χ4n) is 1.57. The molecule has 0 aliphatic heterocycles. The number of hydrogen-bond acceptors (Lipinski definition) is 6. The minimum absolute atomic E-state index is 0.156. The highest BCUT2D eigenvalue weighted by molar-refractivity contribution is 5.32. The molecule has 0 aliphatic carbocycles. The zero-order chi connectivity index (χ0) is 14.3. The molecule has 0 saturated carbocycles. The van der Waals surface area contributed by atoms with Crippen molar-refractivity contribution in [3.8, 4) is 5.75 Å². The van der Waals surface area contributed by atoms with Crippen LogP contribution in [0.25, 0.3) is 0 Å². The van der Waals surface area contributed by atoms with Crippen molar-refractivity contribution in [1.29, 1.82) is 0 Å². The molecule has 6 heteroatoms. The Balaban J connectivity index is 2.41. The van der Waals surface area contributed by atoms with Gasteiger partial charge in [0.15, 0.2) is 0 Å². The standard InChI is InChI=1S/C13H20O6/c1-18-12-5-3-2-4-9(12)7-19-8-11(16)13(17)10(15)6-14/h2-5,10-11,13-17H,6-8H2,1H3/t10-,11+,13+/m0/s1. The highest BCUT2D eigenvalue weighted by Crippen LogP contribution is 2.18. The summed E-state index contributed by atoms with van der Waals surface area (Å²) >= 11 is 0. The summed E-state index contributed by atoms with van der Waals surface area (Å²) in [5, 5.41) is 36.8. The van der Waals surface area contributed by atoms with Gasteiger partial charge in [0.05, 0.1) is 26.9 Å². The summed E-state index contributed by atoms with van der Waals surface area (Å²) in [5.41, 5.74) is 0.814. The van der Waals surface area contributed by atoms with Crippen LogP contribution in [-0.2, 0) is 11.3 Å². The average molecular weight is 272 g/mol. The van der Waals surface area contributed by atoms with Gasteiger partial charge >= 0.3 is 0 Å². The number of aliphatic hydroxyl groups excluding tert-OH is 4. The van der Waals surface area contributed by atoms with Gasteiger partial charge in [-0.3, -0.25) is 0 Å². The summed E-state index contributed by atoms with van der Waals surface area (Å²) in [5.74, 6) is 0.674. The van der Waals surface area contributed by atoms with Gasteiger partial charge in [-0.2, -0.15) is 0 Å². The molecular formula is C13H20O6. The molecular weight excluding hydrogens is 252 g/mol. The van der Waals surface area contributed by atoms with E-state index in [1.807, 2.05) is 18.2 Å². The zero-order valence-corrected chi connectivity index (χ0v) is 10.8. The molecule has 3 atom stereocenters. The van der Waals surface area contributed by atoms with Gasteiger partial charge in [-0.25, -0.2) is 0 Å². The van der Waals surface area contributed by atoms with Crippen LogP contribution in [0.4, 0.5) is 0 Å². The van der Waals surface area contributed by atoms with E-state index < -0.39 is 24.9 Å². The van der Waals surface area contributed by atoms with Crippen LogP contribution >= 0.6 is 0 Å². The van der Waals surface area contributed by atoms with Gasteiger partial charge in [-0.1, -0.05) is 18.2 Å². The molecule has 6 nitrogen and oxygen atoms in total.